The maximum atomic E-state index is 11.9. The van der Waals surface area contributed by atoms with Crippen LogP contribution in [-0.4, -0.2) is 10.8 Å². The van der Waals surface area contributed by atoms with Crippen LogP contribution in [0.15, 0.2) is 22.9 Å². The molecule has 0 aliphatic carbocycles. The third kappa shape index (κ3) is 3.50. The van der Waals surface area contributed by atoms with Crippen molar-refractivity contribution in [1.82, 2.24) is 4.98 Å². The van der Waals surface area contributed by atoms with Crippen LogP contribution < -0.4 is 0 Å². The van der Waals surface area contributed by atoms with Gasteiger partial charge in [0.05, 0.1) is 12.1 Å². The average Bonchev–Trinajstić information content (AvgIpc) is 2.87. The van der Waals surface area contributed by atoms with Crippen LogP contribution in [0.1, 0.15) is 36.3 Å². The van der Waals surface area contributed by atoms with Crippen LogP contribution in [0, 0.1) is 0 Å². The molecule has 0 atom stereocenters. The Balaban J connectivity index is 1.97. The summed E-state index contributed by atoms with van der Waals surface area (Å²) < 4.78 is 0. The van der Waals surface area contributed by atoms with Gasteiger partial charge in [-0.3, -0.25) is 4.79 Å². The number of carbonyl (C=O) groups excluding carboxylic acids is 1. The molecule has 0 radical (unpaired) electrons. The lowest BCUT2D eigenvalue weighted by atomic mass is 9.93. The molecule has 0 fully saturated rings. The second-order valence-corrected chi connectivity index (χ2v) is 7.32. The van der Waals surface area contributed by atoms with E-state index in [0.29, 0.717) is 12.8 Å². The van der Waals surface area contributed by atoms with Crippen molar-refractivity contribution < 1.29 is 4.79 Å². The monoisotopic (exact) mass is 279 g/mol. The summed E-state index contributed by atoms with van der Waals surface area (Å²) in [5.74, 6) is 0.243. The standard InChI is InChI=1S/C14H17NOS2/c1-14(2,3)12-9-18-13(15-12)8-10(16)7-11-5-4-6-17-11/h4-6,9H,7-8H2,1-3H3. The zero-order chi connectivity index (χ0) is 13.2. The maximum Gasteiger partial charge on any atom is 0.144 e. The summed E-state index contributed by atoms with van der Waals surface area (Å²) in [5.41, 5.74) is 1.14. The fourth-order valence-electron chi connectivity index (χ4n) is 1.58. The number of Topliss-reactive ketones (excluding diaryl/α,β-unsaturated/α-hetero) is 1. The van der Waals surface area contributed by atoms with E-state index in [1.54, 1.807) is 22.7 Å². The van der Waals surface area contributed by atoms with Crippen molar-refractivity contribution in [2.24, 2.45) is 0 Å². The molecule has 2 aromatic rings. The van der Waals surface area contributed by atoms with E-state index < -0.39 is 0 Å². The summed E-state index contributed by atoms with van der Waals surface area (Å²) in [5, 5.41) is 5.00. The van der Waals surface area contributed by atoms with Crippen molar-refractivity contribution in [3.8, 4) is 0 Å². The molecule has 0 aliphatic heterocycles. The number of hydrogen-bond donors (Lipinski definition) is 0. The van der Waals surface area contributed by atoms with E-state index >= 15 is 0 Å². The fourth-order valence-corrected chi connectivity index (χ4v) is 3.36. The molecule has 96 valence electrons. The van der Waals surface area contributed by atoms with Gasteiger partial charge in [-0.1, -0.05) is 26.8 Å². The van der Waals surface area contributed by atoms with Gasteiger partial charge in [0.25, 0.3) is 0 Å². The van der Waals surface area contributed by atoms with Gasteiger partial charge in [0.15, 0.2) is 0 Å². The molecule has 2 rings (SSSR count). The molecule has 2 heterocycles. The van der Waals surface area contributed by atoms with Crippen LogP contribution in [-0.2, 0) is 23.1 Å². The first-order valence-electron chi connectivity index (χ1n) is 5.94. The van der Waals surface area contributed by atoms with Gasteiger partial charge < -0.3 is 0 Å². The number of aromatic nitrogens is 1. The van der Waals surface area contributed by atoms with E-state index in [1.807, 2.05) is 17.5 Å². The first-order chi connectivity index (χ1) is 8.45. The van der Waals surface area contributed by atoms with Gasteiger partial charge in [-0.2, -0.15) is 0 Å². The Hall–Kier alpha value is -1.00. The second-order valence-electron chi connectivity index (χ2n) is 5.35. The van der Waals surface area contributed by atoms with Gasteiger partial charge in [0, 0.05) is 22.1 Å². The average molecular weight is 279 g/mol. The summed E-state index contributed by atoms with van der Waals surface area (Å²) in [4.78, 5) is 17.6. The predicted octanol–water partition coefficient (Wildman–Crippen LogP) is 3.86. The molecule has 0 aromatic carbocycles. The number of carbonyl (C=O) groups is 1. The Morgan fingerprint density at radius 3 is 2.61 bits per heavy atom. The molecule has 0 amide bonds. The van der Waals surface area contributed by atoms with Crippen molar-refractivity contribution in [3.05, 3.63) is 38.5 Å². The Bertz CT molecular complexity index is 520. The van der Waals surface area contributed by atoms with Gasteiger partial charge in [-0.15, -0.1) is 22.7 Å². The molecule has 0 saturated carbocycles. The molecule has 2 aromatic heterocycles. The Morgan fingerprint density at radius 2 is 2.06 bits per heavy atom. The summed E-state index contributed by atoms with van der Waals surface area (Å²) in [7, 11) is 0. The van der Waals surface area contributed by atoms with E-state index in [9.17, 15) is 4.79 Å². The number of rotatable bonds is 4. The van der Waals surface area contributed by atoms with E-state index in [-0.39, 0.29) is 11.2 Å². The van der Waals surface area contributed by atoms with Crippen LogP contribution in [0.3, 0.4) is 0 Å². The van der Waals surface area contributed by atoms with Crippen LogP contribution in [0.5, 0.6) is 0 Å². The van der Waals surface area contributed by atoms with Crippen LogP contribution >= 0.6 is 22.7 Å². The topological polar surface area (TPSA) is 30.0 Å². The molecule has 2 nitrogen and oxygen atoms in total. The fraction of sp³-hybridized carbons (Fsp3) is 0.429. The number of nitrogens with zero attached hydrogens (tertiary/aromatic N) is 1. The minimum Gasteiger partial charge on any atom is -0.299 e. The summed E-state index contributed by atoms with van der Waals surface area (Å²) >= 11 is 3.22. The first kappa shape index (κ1) is 13.4. The lowest BCUT2D eigenvalue weighted by molar-refractivity contribution is -0.117. The predicted molar refractivity (Wildman–Crippen MR) is 77.5 cm³/mol. The quantitative estimate of drug-likeness (QED) is 0.850. The highest BCUT2D eigenvalue weighted by atomic mass is 32.1. The van der Waals surface area contributed by atoms with Crippen LogP contribution in [0.4, 0.5) is 0 Å². The second kappa shape index (κ2) is 5.33. The molecule has 0 bridgehead atoms. The highest BCUT2D eigenvalue weighted by Gasteiger charge is 2.18. The summed E-state index contributed by atoms with van der Waals surface area (Å²) in [6.45, 7) is 6.41. The lowest BCUT2D eigenvalue weighted by Crippen LogP contribution is -2.12. The summed E-state index contributed by atoms with van der Waals surface area (Å²) in [6.07, 6.45) is 0.987. The van der Waals surface area contributed by atoms with E-state index in [0.717, 1.165) is 15.6 Å². The molecule has 0 N–H and O–H groups in total. The highest BCUT2D eigenvalue weighted by Crippen LogP contribution is 2.24. The van der Waals surface area contributed by atoms with Gasteiger partial charge in [-0.05, 0) is 11.4 Å². The third-order valence-electron chi connectivity index (χ3n) is 2.62. The first-order valence-corrected chi connectivity index (χ1v) is 7.70. The highest BCUT2D eigenvalue weighted by molar-refractivity contribution is 7.10. The van der Waals surface area contributed by atoms with E-state index in [2.05, 4.69) is 31.1 Å². The molecule has 0 unspecified atom stereocenters. The molecule has 0 saturated heterocycles. The number of thiazole rings is 1. The van der Waals surface area contributed by atoms with Gasteiger partial charge >= 0.3 is 0 Å². The lowest BCUT2D eigenvalue weighted by Gasteiger charge is -2.14. The molecule has 0 aliphatic rings. The Labute approximate surface area is 116 Å². The Morgan fingerprint density at radius 1 is 1.28 bits per heavy atom. The number of thiophene rings is 1. The van der Waals surface area contributed by atoms with Crippen molar-refractivity contribution in [2.75, 3.05) is 0 Å². The van der Waals surface area contributed by atoms with Gasteiger partial charge in [0.1, 0.15) is 10.8 Å². The van der Waals surface area contributed by atoms with Crippen LogP contribution in [0.25, 0.3) is 0 Å². The van der Waals surface area contributed by atoms with E-state index in [1.165, 1.54) is 0 Å². The molecule has 0 spiro atoms. The molecular weight excluding hydrogens is 262 g/mol. The third-order valence-corrected chi connectivity index (χ3v) is 4.35. The minimum absolute atomic E-state index is 0.0611. The summed E-state index contributed by atoms with van der Waals surface area (Å²) in [6, 6.07) is 3.99. The molecule has 18 heavy (non-hydrogen) atoms. The van der Waals surface area contributed by atoms with Crippen molar-refractivity contribution in [1.29, 1.82) is 0 Å². The van der Waals surface area contributed by atoms with Gasteiger partial charge in [-0.25, -0.2) is 4.98 Å². The molecular formula is C14H17NOS2. The maximum absolute atomic E-state index is 11.9. The molecule has 4 heteroatoms. The largest absolute Gasteiger partial charge is 0.299 e. The van der Waals surface area contributed by atoms with Crippen LogP contribution in [0.2, 0.25) is 0 Å². The zero-order valence-electron chi connectivity index (χ0n) is 10.9. The van der Waals surface area contributed by atoms with Crippen molar-refractivity contribution in [3.63, 3.8) is 0 Å². The number of hydrogen-bond acceptors (Lipinski definition) is 4. The SMILES string of the molecule is CC(C)(C)c1csc(CC(=O)Cc2cccs2)n1. The van der Waals surface area contributed by atoms with Gasteiger partial charge in [0.2, 0.25) is 0 Å². The van der Waals surface area contributed by atoms with Crippen molar-refractivity contribution >= 4 is 28.5 Å². The van der Waals surface area contributed by atoms with E-state index in [4.69, 9.17) is 0 Å². The normalized spacial score (nSPS) is 11.7. The van der Waals surface area contributed by atoms with Crippen molar-refractivity contribution in [2.45, 2.75) is 39.0 Å². The Kier molecular flexibility index (Phi) is 3.97. The smallest absolute Gasteiger partial charge is 0.144 e. The number of ketones is 1. The zero-order valence-corrected chi connectivity index (χ0v) is 12.5. The minimum atomic E-state index is 0.0611.